The maximum Gasteiger partial charge on any atom is 0.315 e. The van der Waals surface area contributed by atoms with Crippen LogP contribution in [0.3, 0.4) is 0 Å². The van der Waals surface area contributed by atoms with Crippen molar-refractivity contribution in [2.24, 2.45) is 0 Å². The molecule has 11 nitrogen and oxygen atoms in total. The number of rotatable bonds is 6. The van der Waals surface area contributed by atoms with Crippen LogP contribution >= 0.6 is 0 Å². The van der Waals surface area contributed by atoms with E-state index < -0.39 is 5.91 Å². The Hall–Kier alpha value is -4.64. The van der Waals surface area contributed by atoms with Gasteiger partial charge in [0, 0.05) is 60.0 Å². The van der Waals surface area contributed by atoms with Crippen LogP contribution in [0.1, 0.15) is 61.4 Å². The molecular weight excluding hydrogens is 530 g/mol. The summed E-state index contributed by atoms with van der Waals surface area (Å²) < 4.78 is 5.21. The van der Waals surface area contributed by atoms with Gasteiger partial charge >= 0.3 is 11.8 Å². The van der Waals surface area contributed by atoms with Crippen molar-refractivity contribution in [2.45, 2.75) is 46.1 Å². The van der Waals surface area contributed by atoms with Gasteiger partial charge in [-0.1, -0.05) is 38.1 Å². The molecule has 216 valence electrons. The van der Waals surface area contributed by atoms with Gasteiger partial charge in [0.1, 0.15) is 17.8 Å². The van der Waals surface area contributed by atoms with Crippen LogP contribution in [-0.2, 0) is 5.41 Å². The third kappa shape index (κ3) is 5.47. The second kappa shape index (κ2) is 11.0. The van der Waals surface area contributed by atoms with E-state index in [1.165, 1.54) is 0 Å². The first kappa shape index (κ1) is 27.5. The molecule has 5 heterocycles. The number of fused-ring (bicyclic) bond motifs is 1. The number of nitrogens with one attached hydrogen (secondary N) is 3. The summed E-state index contributed by atoms with van der Waals surface area (Å²) in [5.74, 6) is 1.04. The maximum atomic E-state index is 12.8. The molecule has 4 aromatic heterocycles. The lowest BCUT2D eigenvalue weighted by atomic mass is 9.96. The lowest BCUT2D eigenvalue weighted by Crippen LogP contribution is -2.43. The number of carbonyl (C=O) groups is 1. The normalized spacial score (nSPS) is 14.7. The van der Waals surface area contributed by atoms with Crippen molar-refractivity contribution < 1.29 is 9.32 Å². The van der Waals surface area contributed by atoms with Gasteiger partial charge in [0.05, 0.1) is 11.7 Å². The fourth-order valence-corrected chi connectivity index (χ4v) is 5.22. The van der Waals surface area contributed by atoms with Crippen LogP contribution in [0.15, 0.2) is 53.4 Å². The molecule has 0 aliphatic carbocycles. The lowest BCUT2D eigenvalue weighted by molar-refractivity contribution is 0.0895. The number of carbonyl (C=O) groups excluding carboxylic acids is 1. The quantitative estimate of drug-likeness (QED) is 0.270. The molecule has 0 radical (unpaired) electrons. The zero-order valence-electron chi connectivity index (χ0n) is 24.5. The number of hydrogen-bond acceptors (Lipinski definition) is 9. The van der Waals surface area contributed by atoms with Crippen LogP contribution in [0, 0.1) is 6.92 Å². The molecule has 6 rings (SSSR count). The van der Waals surface area contributed by atoms with Gasteiger partial charge in [-0.05, 0) is 49.2 Å². The standard InChI is InChI=1S/C31H35N9O2/c1-18-14-20(6-8-22(18)19(2)36-28(41)29-38-30(39-42-29)31(3,4)5)26-23-15-24(37-27(23)35-17-34-26)21-7-9-25(33-16-21)40-12-10-32-11-13-40/h6-9,14-17,19,32H,10-13H2,1-5H3,(H,36,41)(H,34,35,37)/t19-/m1/s1. The number of benzene rings is 1. The molecule has 1 fully saturated rings. The van der Waals surface area contributed by atoms with Crippen LogP contribution < -0.4 is 15.5 Å². The van der Waals surface area contributed by atoms with Crippen molar-refractivity contribution in [1.82, 2.24) is 40.7 Å². The number of amides is 1. The van der Waals surface area contributed by atoms with Crippen molar-refractivity contribution >= 4 is 22.8 Å². The molecule has 1 atom stereocenters. The highest BCUT2D eigenvalue weighted by Crippen LogP contribution is 2.32. The summed E-state index contributed by atoms with van der Waals surface area (Å²) in [5, 5.41) is 11.2. The molecular formula is C31H35N9O2. The Morgan fingerprint density at radius 1 is 1.05 bits per heavy atom. The summed E-state index contributed by atoms with van der Waals surface area (Å²) in [6.07, 6.45) is 3.48. The Morgan fingerprint density at radius 2 is 1.83 bits per heavy atom. The third-order valence-corrected chi connectivity index (χ3v) is 7.57. The second-order valence-corrected chi connectivity index (χ2v) is 11.7. The molecule has 1 amide bonds. The first-order valence-corrected chi connectivity index (χ1v) is 14.2. The first-order valence-electron chi connectivity index (χ1n) is 14.2. The topological polar surface area (TPSA) is 138 Å². The number of pyridine rings is 1. The molecule has 1 aliphatic rings. The van der Waals surface area contributed by atoms with E-state index in [4.69, 9.17) is 9.51 Å². The van der Waals surface area contributed by atoms with E-state index in [-0.39, 0.29) is 17.3 Å². The smallest absolute Gasteiger partial charge is 0.315 e. The molecule has 42 heavy (non-hydrogen) atoms. The van der Waals surface area contributed by atoms with Crippen molar-refractivity contribution in [3.8, 4) is 22.5 Å². The SMILES string of the molecule is Cc1cc(-c2ncnc3[nH]c(-c4ccc(N5CCNCC5)nc4)cc23)ccc1[C@@H](C)NC(=O)c1nc(C(C)(C)C)no1. The van der Waals surface area contributed by atoms with Gasteiger partial charge in [0.15, 0.2) is 5.82 Å². The van der Waals surface area contributed by atoms with Crippen molar-refractivity contribution in [2.75, 3.05) is 31.1 Å². The van der Waals surface area contributed by atoms with Gasteiger partial charge in [-0.25, -0.2) is 15.0 Å². The van der Waals surface area contributed by atoms with E-state index in [1.807, 2.05) is 52.9 Å². The zero-order valence-corrected chi connectivity index (χ0v) is 24.5. The number of anilines is 1. The van der Waals surface area contributed by atoms with E-state index >= 15 is 0 Å². The lowest BCUT2D eigenvalue weighted by Gasteiger charge is -2.28. The highest BCUT2D eigenvalue weighted by Gasteiger charge is 2.25. The molecule has 5 aromatic rings. The minimum Gasteiger partial charge on any atom is -0.354 e. The Morgan fingerprint density at radius 3 is 2.52 bits per heavy atom. The minimum atomic E-state index is -0.401. The molecule has 1 saturated heterocycles. The van der Waals surface area contributed by atoms with E-state index in [2.05, 4.69) is 64.9 Å². The second-order valence-electron chi connectivity index (χ2n) is 11.7. The summed E-state index contributed by atoms with van der Waals surface area (Å²) in [6.45, 7) is 13.7. The van der Waals surface area contributed by atoms with Gasteiger partial charge in [0.2, 0.25) is 0 Å². The number of aryl methyl sites for hydroxylation is 1. The number of hydrogen-bond donors (Lipinski definition) is 3. The molecule has 1 aliphatic heterocycles. The van der Waals surface area contributed by atoms with Crippen molar-refractivity contribution in [1.29, 1.82) is 0 Å². The monoisotopic (exact) mass is 565 g/mol. The number of aromatic nitrogens is 6. The molecule has 0 unspecified atom stereocenters. The number of nitrogens with zero attached hydrogens (tertiary/aromatic N) is 6. The highest BCUT2D eigenvalue weighted by molar-refractivity contribution is 5.94. The average Bonchev–Trinajstić information content (AvgIpc) is 3.66. The summed E-state index contributed by atoms with van der Waals surface area (Å²) in [7, 11) is 0. The molecule has 0 bridgehead atoms. The Balaban J connectivity index is 1.21. The Labute approximate surface area is 244 Å². The highest BCUT2D eigenvalue weighted by atomic mass is 16.5. The average molecular weight is 566 g/mol. The third-order valence-electron chi connectivity index (χ3n) is 7.57. The van der Waals surface area contributed by atoms with Crippen LogP contribution in [0.2, 0.25) is 0 Å². The van der Waals surface area contributed by atoms with Gasteiger partial charge in [-0.2, -0.15) is 4.98 Å². The molecule has 0 saturated carbocycles. The van der Waals surface area contributed by atoms with Crippen molar-refractivity contribution in [3.05, 3.63) is 71.8 Å². The van der Waals surface area contributed by atoms with Crippen LogP contribution in [-0.4, -0.2) is 62.2 Å². The molecule has 0 spiro atoms. The zero-order chi connectivity index (χ0) is 29.4. The fraction of sp³-hybridized carbons (Fsp3) is 0.355. The van der Waals surface area contributed by atoms with E-state index in [0.29, 0.717) is 5.82 Å². The van der Waals surface area contributed by atoms with Gasteiger partial charge in [-0.15, -0.1) is 0 Å². The summed E-state index contributed by atoms with van der Waals surface area (Å²) in [5.41, 5.74) is 6.19. The van der Waals surface area contributed by atoms with Crippen LogP contribution in [0.5, 0.6) is 0 Å². The first-order chi connectivity index (χ1) is 20.2. The Bertz CT molecular complexity index is 1730. The van der Waals surface area contributed by atoms with Gasteiger partial charge in [-0.3, -0.25) is 4.79 Å². The van der Waals surface area contributed by atoms with E-state index in [1.54, 1.807) is 6.33 Å². The maximum absolute atomic E-state index is 12.8. The predicted octanol–water partition coefficient (Wildman–Crippen LogP) is 4.58. The number of H-pyrrole nitrogens is 1. The van der Waals surface area contributed by atoms with Crippen LogP contribution in [0.4, 0.5) is 5.82 Å². The molecule has 1 aromatic carbocycles. The van der Waals surface area contributed by atoms with E-state index in [0.717, 1.165) is 76.7 Å². The largest absolute Gasteiger partial charge is 0.354 e. The van der Waals surface area contributed by atoms with E-state index in [9.17, 15) is 4.79 Å². The number of piperazine rings is 1. The molecule has 11 heteroatoms. The van der Waals surface area contributed by atoms with Crippen LogP contribution in [0.25, 0.3) is 33.5 Å². The summed E-state index contributed by atoms with van der Waals surface area (Å²) >= 11 is 0. The van der Waals surface area contributed by atoms with Crippen molar-refractivity contribution in [3.63, 3.8) is 0 Å². The number of aromatic amines is 1. The van der Waals surface area contributed by atoms with Gasteiger partial charge < -0.3 is 25.0 Å². The minimum absolute atomic E-state index is 0.0404. The molecule has 3 N–H and O–H groups in total. The summed E-state index contributed by atoms with van der Waals surface area (Å²) in [6, 6.07) is 12.1. The fourth-order valence-electron chi connectivity index (χ4n) is 5.22. The van der Waals surface area contributed by atoms with Gasteiger partial charge in [0.25, 0.3) is 0 Å². The predicted molar refractivity (Wildman–Crippen MR) is 161 cm³/mol. The summed E-state index contributed by atoms with van der Waals surface area (Å²) in [4.78, 5) is 36.6. The Kier molecular flexibility index (Phi) is 7.19.